The molecule has 1 aromatic carbocycles. The van der Waals surface area contributed by atoms with E-state index in [9.17, 15) is 5.11 Å². The van der Waals surface area contributed by atoms with Crippen molar-refractivity contribution in [3.8, 4) is 0 Å². The summed E-state index contributed by atoms with van der Waals surface area (Å²) in [6.07, 6.45) is 1.24. The first-order chi connectivity index (χ1) is 8.16. The van der Waals surface area contributed by atoms with Crippen molar-refractivity contribution < 1.29 is 5.11 Å². The first kappa shape index (κ1) is 12.6. The Labute approximate surface area is 113 Å². The minimum atomic E-state index is -0.468. The summed E-state index contributed by atoms with van der Waals surface area (Å²) in [5.74, 6) is 0. The Bertz CT molecular complexity index is 499. The standard InChI is InChI=1S/C13H12BrNOS/c1-9(16)10-6-7-13(15-8-10)17-12-5-3-2-4-11(12)14/h2-9,16H,1H3/t9-/m0/s1. The van der Waals surface area contributed by atoms with Crippen LogP contribution < -0.4 is 0 Å². The first-order valence-electron chi connectivity index (χ1n) is 5.23. The normalized spacial score (nSPS) is 12.4. The van der Waals surface area contributed by atoms with Crippen LogP contribution in [0.5, 0.6) is 0 Å². The molecule has 0 radical (unpaired) electrons. The summed E-state index contributed by atoms with van der Waals surface area (Å²) < 4.78 is 1.06. The molecule has 1 N–H and O–H groups in total. The van der Waals surface area contributed by atoms with Gasteiger partial charge in [-0.05, 0) is 46.6 Å². The van der Waals surface area contributed by atoms with Gasteiger partial charge < -0.3 is 5.11 Å². The number of nitrogens with zero attached hydrogens (tertiary/aromatic N) is 1. The van der Waals surface area contributed by atoms with Crippen molar-refractivity contribution in [1.82, 2.24) is 4.98 Å². The zero-order chi connectivity index (χ0) is 12.3. The smallest absolute Gasteiger partial charge is 0.101 e. The van der Waals surface area contributed by atoms with Crippen LogP contribution in [0.25, 0.3) is 0 Å². The lowest BCUT2D eigenvalue weighted by molar-refractivity contribution is 0.198. The number of aliphatic hydroxyl groups is 1. The Morgan fingerprint density at radius 2 is 2.00 bits per heavy atom. The van der Waals surface area contributed by atoms with Crippen LogP contribution in [0.2, 0.25) is 0 Å². The Hall–Kier alpha value is -0.840. The van der Waals surface area contributed by atoms with Gasteiger partial charge in [0.2, 0.25) is 0 Å². The molecule has 4 heteroatoms. The summed E-state index contributed by atoms with van der Waals surface area (Å²) >= 11 is 5.10. The molecule has 88 valence electrons. The summed E-state index contributed by atoms with van der Waals surface area (Å²) in [5.41, 5.74) is 0.835. The Kier molecular flexibility index (Phi) is 4.20. The van der Waals surface area contributed by atoms with E-state index in [0.29, 0.717) is 0 Å². The maximum atomic E-state index is 9.39. The van der Waals surface area contributed by atoms with Gasteiger partial charge in [-0.1, -0.05) is 30.0 Å². The number of hydrogen-bond acceptors (Lipinski definition) is 3. The largest absolute Gasteiger partial charge is 0.389 e. The van der Waals surface area contributed by atoms with Crippen LogP contribution in [-0.4, -0.2) is 10.1 Å². The minimum Gasteiger partial charge on any atom is -0.389 e. The third kappa shape index (κ3) is 3.31. The van der Waals surface area contributed by atoms with E-state index in [4.69, 9.17) is 0 Å². The molecule has 0 saturated carbocycles. The van der Waals surface area contributed by atoms with Crippen molar-refractivity contribution in [2.45, 2.75) is 22.9 Å². The average Bonchev–Trinajstić information content (AvgIpc) is 2.33. The molecule has 0 aliphatic rings. The maximum absolute atomic E-state index is 9.39. The maximum Gasteiger partial charge on any atom is 0.101 e. The molecule has 1 atom stereocenters. The van der Waals surface area contributed by atoms with Crippen LogP contribution in [0.3, 0.4) is 0 Å². The fourth-order valence-electron chi connectivity index (χ4n) is 1.34. The quantitative estimate of drug-likeness (QED) is 0.928. The molecule has 0 saturated heterocycles. The second-order valence-electron chi connectivity index (χ2n) is 3.64. The highest BCUT2D eigenvalue weighted by molar-refractivity contribution is 9.10. The average molecular weight is 310 g/mol. The highest BCUT2D eigenvalue weighted by Crippen LogP contribution is 2.32. The van der Waals surface area contributed by atoms with Crippen molar-refractivity contribution in [3.05, 3.63) is 52.6 Å². The molecule has 0 fully saturated rings. The van der Waals surface area contributed by atoms with Gasteiger partial charge in [0.1, 0.15) is 5.03 Å². The zero-order valence-corrected chi connectivity index (χ0v) is 11.7. The molecule has 1 aromatic heterocycles. The molecule has 0 bridgehead atoms. The van der Waals surface area contributed by atoms with Crippen molar-refractivity contribution in [3.63, 3.8) is 0 Å². The van der Waals surface area contributed by atoms with Gasteiger partial charge in [-0.15, -0.1) is 0 Å². The van der Waals surface area contributed by atoms with Crippen LogP contribution in [0.1, 0.15) is 18.6 Å². The van der Waals surface area contributed by atoms with Gasteiger partial charge in [0.05, 0.1) is 6.10 Å². The molecular formula is C13H12BrNOS. The lowest BCUT2D eigenvalue weighted by Crippen LogP contribution is -1.92. The topological polar surface area (TPSA) is 33.1 Å². The Morgan fingerprint density at radius 1 is 1.24 bits per heavy atom. The van der Waals surface area contributed by atoms with Gasteiger partial charge in [0.25, 0.3) is 0 Å². The number of benzene rings is 1. The highest BCUT2D eigenvalue weighted by atomic mass is 79.9. The number of hydrogen-bond donors (Lipinski definition) is 1. The number of pyridine rings is 1. The van der Waals surface area contributed by atoms with Gasteiger partial charge in [0, 0.05) is 15.6 Å². The highest BCUT2D eigenvalue weighted by Gasteiger charge is 2.04. The fourth-order valence-corrected chi connectivity index (χ4v) is 2.65. The lowest BCUT2D eigenvalue weighted by atomic mass is 10.2. The molecule has 0 amide bonds. The predicted molar refractivity (Wildman–Crippen MR) is 73.1 cm³/mol. The van der Waals surface area contributed by atoms with E-state index in [1.165, 1.54) is 0 Å². The summed E-state index contributed by atoms with van der Waals surface area (Å²) in [6.45, 7) is 1.73. The zero-order valence-electron chi connectivity index (χ0n) is 9.30. The summed E-state index contributed by atoms with van der Waals surface area (Å²) in [6, 6.07) is 11.9. The summed E-state index contributed by atoms with van der Waals surface area (Å²) in [7, 11) is 0. The second-order valence-corrected chi connectivity index (χ2v) is 5.55. The summed E-state index contributed by atoms with van der Waals surface area (Å²) in [5, 5.41) is 10.3. The van der Waals surface area contributed by atoms with Crippen LogP contribution in [0.15, 0.2) is 57.0 Å². The van der Waals surface area contributed by atoms with E-state index in [1.54, 1.807) is 24.9 Å². The molecule has 0 aliphatic carbocycles. The van der Waals surface area contributed by atoms with Crippen LogP contribution >= 0.6 is 27.7 Å². The van der Waals surface area contributed by atoms with Crippen molar-refractivity contribution in [1.29, 1.82) is 0 Å². The van der Waals surface area contributed by atoms with Gasteiger partial charge in [0.15, 0.2) is 0 Å². The van der Waals surface area contributed by atoms with Crippen LogP contribution in [0, 0.1) is 0 Å². The molecular weight excluding hydrogens is 298 g/mol. The van der Waals surface area contributed by atoms with E-state index in [-0.39, 0.29) is 0 Å². The van der Waals surface area contributed by atoms with Crippen LogP contribution in [0.4, 0.5) is 0 Å². The third-order valence-corrected chi connectivity index (χ3v) is 4.27. The van der Waals surface area contributed by atoms with Crippen molar-refractivity contribution >= 4 is 27.7 Å². The van der Waals surface area contributed by atoms with Gasteiger partial charge in [-0.2, -0.15) is 0 Å². The Morgan fingerprint density at radius 3 is 2.59 bits per heavy atom. The molecule has 0 aliphatic heterocycles. The SMILES string of the molecule is C[C@H](O)c1ccc(Sc2ccccc2Br)nc1. The molecule has 2 nitrogen and oxygen atoms in total. The molecule has 17 heavy (non-hydrogen) atoms. The second kappa shape index (κ2) is 5.67. The number of aliphatic hydroxyl groups excluding tert-OH is 1. The van der Waals surface area contributed by atoms with Crippen LogP contribution in [-0.2, 0) is 0 Å². The van der Waals surface area contributed by atoms with E-state index in [2.05, 4.69) is 20.9 Å². The fraction of sp³-hybridized carbons (Fsp3) is 0.154. The van der Waals surface area contributed by atoms with E-state index in [0.717, 1.165) is 20.0 Å². The van der Waals surface area contributed by atoms with E-state index in [1.807, 2.05) is 36.4 Å². The molecule has 2 rings (SSSR count). The first-order valence-corrected chi connectivity index (χ1v) is 6.84. The molecule has 1 heterocycles. The number of aromatic nitrogens is 1. The van der Waals surface area contributed by atoms with Gasteiger partial charge >= 0.3 is 0 Å². The van der Waals surface area contributed by atoms with Gasteiger partial charge in [-0.25, -0.2) is 4.98 Å². The molecule has 0 unspecified atom stereocenters. The summed E-state index contributed by atoms with van der Waals surface area (Å²) in [4.78, 5) is 5.45. The molecule has 2 aromatic rings. The third-order valence-electron chi connectivity index (χ3n) is 2.29. The monoisotopic (exact) mass is 309 g/mol. The van der Waals surface area contributed by atoms with Crippen molar-refractivity contribution in [2.24, 2.45) is 0 Å². The van der Waals surface area contributed by atoms with E-state index < -0.39 is 6.10 Å². The predicted octanol–water partition coefficient (Wildman–Crippen LogP) is 4.05. The van der Waals surface area contributed by atoms with Gasteiger partial charge in [-0.3, -0.25) is 0 Å². The lowest BCUT2D eigenvalue weighted by Gasteiger charge is -2.06. The minimum absolute atomic E-state index is 0.468. The van der Waals surface area contributed by atoms with E-state index >= 15 is 0 Å². The number of halogens is 1. The Balaban J connectivity index is 2.17. The van der Waals surface area contributed by atoms with Crippen molar-refractivity contribution in [2.75, 3.05) is 0 Å². The number of rotatable bonds is 3. The molecule has 0 spiro atoms.